The summed E-state index contributed by atoms with van der Waals surface area (Å²) in [6.07, 6.45) is 4.67. The van der Waals surface area contributed by atoms with Crippen molar-refractivity contribution in [2.24, 2.45) is 0 Å². The molecular weight excluding hydrogens is 212 g/mol. The zero-order valence-corrected chi connectivity index (χ0v) is 9.38. The van der Waals surface area contributed by atoms with Crippen molar-refractivity contribution in [1.29, 1.82) is 0 Å². The Balaban J connectivity index is 4.01. The minimum absolute atomic E-state index is 0.164. The molecule has 0 saturated heterocycles. The number of esters is 2. The van der Waals surface area contributed by atoms with E-state index in [1.54, 1.807) is 13.8 Å². The molecule has 0 fully saturated rings. The molecule has 1 unspecified atom stereocenters. The predicted octanol–water partition coefficient (Wildman–Crippen LogP) is 0.586. The summed E-state index contributed by atoms with van der Waals surface area (Å²) >= 11 is 0. The van der Waals surface area contributed by atoms with Crippen LogP contribution in [0, 0.1) is 0 Å². The number of hydrogen-bond donors (Lipinski definition) is 1. The highest BCUT2D eigenvalue weighted by Crippen LogP contribution is 1.96. The van der Waals surface area contributed by atoms with Crippen molar-refractivity contribution in [2.45, 2.75) is 20.0 Å². The highest BCUT2D eigenvalue weighted by atomic mass is 16.6. The van der Waals surface area contributed by atoms with E-state index in [1.807, 2.05) is 0 Å². The van der Waals surface area contributed by atoms with Gasteiger partial charge in [-0.3, -0.25) is 0 Å². The lowest BCUT2D eigenvalue weighted by Gasteiger charge is -2.13. The number of allylic oxidation sites excluding steroid dienone is 2. The summed E-state index contributed by atoms with van der Waals surface area (Å²) < 4.78 is 9.52. The smallest absolute Gasteiger partial charge is 0.330 e. The molecule has 5 nitrogen and oxygen atoms in total. The maximum Gasteiger partial charge on any atom is 0.330 e. The van der Waals surface area contributed by atoms with E-state index in [2.05, 4.69) is 0 Å². The van der Waals surface area contributed by atoms with Gasteiger partial charge in [0.2, 0.25) is 0 Å². The van der Waals surface area contributed by atoms with Crippen molar-refractivity contribution in [3.05, 3.63) is 24.3 Å². The molecule has 0 aromatic carbocycles. The zero-order chi connectivity index (χ0) is 12.4. The molecule has 1 atom stereocenters. The van der Waals surface area contributed by atoms with E-state index in [1.165, 1.54) is 24.3 Å². The molecule has 0 aliphatic rings. The third kappa shape index (κ3) is 6.78. The fraction of sp³-hybridized carbons (Fsp3) is 0.455. The minimum Gasteiger partial charge on any atom is -0.458 e. The van der Waals surface area contributed by atoms with Crippen molar-refractivity contribution in [1.82, 2.24) is 0 Å². The highest BCUT2D eigenvalue weighted by Gasteiger charge is 2.13. The van der Waals surface area contributed by atoms with Gasteiger partial charge in [-0.05, 0) is 13.8 Å². The molecule has 0 amide bonds. The van der Waals surface area contributed by atoms with Crippen molar-refractivity contribution in [3.63, 3.8) is 0 Å². The summed E-state index contributed by atoms with van der Waals surface area (Å²) in [5, 5.41) is 8.88. The van der Waals surface area contributed by atoms with Gasteiger partial charge in [0.15, 0.2) is 6.10 Å². The van der Waals surface area contributed by atoms with Crippen molar-refractivity contribution < 1.29 is 24.2 Å². The fourth-order valence-electron chi connectivity index (χ4n) is 0.823. The molecule has 0 aliphatic heterocycles. The van der Waals surface area contributed by atoms with Gasteiger partial charge < -0.3 is 14.6 Å². The second kappa shape index (κ2) is 8.67. The molecule has 0 saturated carbocycles. The molecule has 5 heteroatoms. The Bertz CT molecular complexity index is 280. The lowest BCUT2D eigenvalue weighted by Crippen LogP contribution is -2.27. The van der Waals surface area contributed by atoms with Crippen LogP contribution in [0.1, 0.15) is 13.8 Å². The molecule has 0 aliphatic carbocycles. The highest BCUT2D eigenvalue weighted by molar-refractivity contribution is 5.82. The molecule has 90 valence electrons. The van der Waals surface area contributed by atoms with E-state index in [0.29, 0.717) is 0 Å². The molecule has 0 rings (SSSR count). The van der Waals surface area contributed by atoms with Gasteiger partial charge in [0.05, 0.1) is 6.61 Å². The van der Waals surface area contributed by atoms with Gasteiger partial charge in [-0.25, -0.2) is 9.59 Å². The van der Waals surface area contributed by atoms with Crippen molar-refractivity contribution in [2.75, 3.05) is 13.2 Å². The summed E-state index contributed by atoms with van der Waals surface area (Å²) in [4.78, 5) is 21.9. The van der Waals surface area contributed by atoms with Gasteiger partial charge in [-0.15, -0.1) is 0 Å². The number of hydrogen-bond acceptors (Lipinski definition) is 5. The monoisotopic (exact) mass is 228 g/mol. The van der Waals surface area contributed by atoms with Crippen molar-refractivity contribution in [3.8, 4) is 0 Å². The first-order chi connectivity index (χ1) is 7.63. The average Bonchev–Trinajstić information content (AvgIpc) is 2.25. The summed E-state index contributed by atoms with van der Waals surface area (Å²) in [5.41, 5.74) is 0. The number of aliphatic hydroxyl groups excluding tert-OH is 1. The van der Waals surface area contributed by atoms with Crippen LogP contribution in [0.15, 0.2) is 24.3 Å². The van der Waals surface area contributed by atoms with Gasteiger partial charge in [-0.1, -0.05) is 12.2 Å². The van der Waals surface area contributed by atoms with E-state index in [4.69, 9.17) is 14.6 Å². The molecule has 0 radical (unpaired) electrons. The Morgan fingerprint density at radius 3 is 2.25 bits per heavy atom. The van der Waals surface area contributed by atoms with E-state index in [9.17, 15) is 9.59 Å². The first kappa shape index (κ1) is 14.4. The van der Waals surface area contributed by atoms with Gasteiger partial charge in [0.1, 0.15) is 6.61 Å². The maximum absolute atomic E-state index is 11.0. The molecule has 16 heavy (non-hydrogen) atoms. The number of ether oxygens (including phenoxy) is 2. The molecular formula is C11H16O5. The summed E-state index contributed by atoms with van der Waals surface area (Å²) in [6, 6.07) is 0. The van der Waals surface area contributed by atoms with Crippen LogP contribution in [0.5, 0.6) is 0 Å². The van der Waals surface area contributed by atoms with Gasteiger partial charge in [-0.2, -0.15) is 0 Å². The second-order valence-corrected chi connectivity index (χ2v) is 2.87. The third-order valence-corrected chi connectivity index (χ3v) is 1.50. The second-order valence-electron chi connectivity index (χ2n) is 2.87. The molecule has 0 heterocycles. The molecule has 0 bridgehead atoms. The third-order valence-electron chi connectivity index (χ3n) is 1.50. The largest absolute Gasteiger partial charge is 0.458 e. The normalized spacial score (nSPS) is 12.9. The van der Waals surface area contributed by atoms with E-state index < -0.39 is 24.6 Å². The maximum atomic E-state index is 11.0. The summed E-state index contributed by atoms with van der Waals surface area (Å²) in [5.74, 6) is -1.12. The number of carbonyl (C=O) groups is 2. The standard InChI is InChI=1S/C11H16O5/c1-3-5-10(13)15-8-9(7-12)16-11(14)6-4-2/h3-6,9,12H,7-8H2,1-2H3/b5-3+,6-4+. The van der Waals surface area contributed by atoms with Crippen molar-refractivity contribution >= 4 is 11.9 Å². The fourth-order valence-corrected chi connectivity index (χ4v) is 0.823. The topological polar surface area (TPSA) is 72.8 Å². The Morgan fingerprint density at radius 1 is 1.19 bits per heavy atom. The Labute approximate surface area is 94.4 Å². The lowest BCUT2D eigenvalue weighted by atomic mass is 10.4. The Morgan fingerprint density at radius 2 is 1.75 bits per heavy atom. The minimum atomic E-state index is -0.835. The first-order valence-electron chi connectivity index (χ1n) is 4.87. The SMILES string of the molecule is C/C=C/C(=O)OCC(CO)OC(=O)/C=C/C. The van der Waals surface area contributed by atoms with E-state index >= 15 is 0 Å². The quantitative estimate of drug-likeness (QED) is 0.532. The van der Waals surface area contributed by atoms with Gasteiger partial charge in [0, 0.05) is 12.2 Å². The van der Waals surface area contributed by atoms with E-state index in [0.717, 1.165) is 0 Å². The van der Waals surface area contributed by atoms with Crippen LogP contribution >= 0.6 is 0 Å². The van der Waals surface area contributed by atoms with Crippen LogP contribution in [0.3, 0.4) is 0 Å². The first-order valence-corrected chi connectivity index (χ1v) is 4.87. The van der Waals surface area contributed by atoms with Crippen LogP contribution < -0.4 is 0 Å². The molecule has 1 N–H and O–H groups in total. The summed E-state index contributed by atoms with van der Waals surface area (Å²) in [7, 11) is 0. The van der Waals surface area contributed by atoms with Crippen LogP contribution in [-0.2, 0) is 19.1 Å². The van der Waals surface area contributed by atoms with Gasteiger partial charge >= 0.3 is 11.9 Å². The summed E-state index contributed by atoms with van der Waals surface area (Å²) in [6.45, 7) is 2.79. The average molecular weight is 228 g/mol. The van der Waals surface area contributed by atoms with Crippen LogP contribution in [0.25, 0.3) is 0 Å². The Hall–Kier alpha value is -1.62. The van der Waals surface area contributed by atoms with Crippen LogP contribution in [0.4, 0.5) is 0 Å². The number of rotatable bonds is 6. The molecule has 0 aromatic rings. The van der Waals surface area contributed by atoms with Crippen LogP contribution in [0.2, 0.25) is 0 Å². The predicted molar refractivity (Wildman–Crippen MR) is 57.6 cm³/mol. The molecule has 0 spiro atoms. The van der Waals surface area contributed by atoms with Gasteiger partial charge in [0.25, 0.3) is 0 Å². The lowest BCUT2D eigenvalue weighted by molar-refractivity contribution is -0.155. The Kier molecular flexibility index (Phi) is 7.79. The molecule has 0 aromatic heterocycles. The number of carbonyl (C=O) groups excluding carboxylic acids is 2. The number of aliphatic hydroxyl groups is 1. The van der Waals surface area contributed by atoms with E-state index in [-0.39, 0.29) is 6.61 Å². The zero-order valence-electron chi connectivity index (χ0n) is 9.38. The van der Waals surface area contributed by atoms with Crippen LogP contribution in [-0.4, -0.2) is 36.4 Å².